The molecule has 0 aromatic heterocycles. The van der Waals surface area contributed by atoms with Crippen LogP contribution in [0.2, 0.25) is 0 Å². The predicted molar refractivity (Wildman–Crippen MR) is 71.4 cm³/mol. The average Bonchev–Trinajstić information content (AvgIpc) is 2.62. The molecular weight excluding hydrogens is 208 g/mol. The summed E-state index contributed by atoms with van der Waals surface area (Å²) in [5.74, 6) is 4.56. The van der Waals surface area contributed by atoms with Crippen LogP contribution < -0.4 is 0 Å². The fourth-order valence-electron chi connectivity index (χ4n) is 2.39. The van der Waals surface area contributed by atoms with Gasteiger partial charge in [-0.15, -0.1) is 11.8 Å². The largest absolute Gasteiger partial charge is 0.237 e. The second kappa shape index (κ2) is 6.32. The van der Waals surface area contributed by atoms with E-state index in [2.05, 4.69) is 11.8 Å². The average molecular weight is 231 g/mol. The minimum Gasteiger partial charge on any atom is -0.237 e. The smallest absolute Gasteiger partial charge is 0.0658 e. The van der Waals surface area contributed by atoms with E-state index in [-0.39, 0.29) is 0 Å². The highest BCUT2D eigenvalue weighted by atomic mass is 32.2. The van der Waals surface area contributed by atoms with Crippen molar-refractivity contribution in [3.63, 3.8) is 0 Å². The van der Waals surface area contributed by atoms with Crippen LogP contribution in [0.3, 0.4) is 0 Å². The van der Waals surface area contributed by atoms with Crippen molar-refractivity contribution in [2.24, 2.45) is 0 Å². The van der Waals surface area contributed by atoms with Crippen LogP contribution in [0.1, 0.15) is 51.4 Å². The van der Waals surface area contributed by atoms with E-state index in [1.165, 1.54) is 57.1 Å². The molecule has 0 aromatic rings. The van der Waals surface area contributed by atoms with E-state index in [0.717, 1.165) is 0 Å². The number of thioether (sulfide) groups is 1. The molecule has 2 heteroatoms. The maximum absolute atomic E-state index is 2.25. The maximum atomic E-state index is 2.25. The van der Waals surface area contributed by atoms with Crippen LogP contribution >= 0.6 is 22.7 Å². The Morgan fingerprint density at radius 2 is 1.50 bits per heavy atom. The van der Waals surface area contributed by atoms with Crippen LogP contribution in [-0.4, -0.2) is 17.3 Å². The maximum Gasteiger partial charge on any atom is 0.0658 e. The van der Waals surface area contributed by atoms with Crippen LogP contribution in [0.4, 0.5) is 0 Å². The van der Waals surface area contributed by atoms with Crippen molar-refractivity contribution in [1.82, 2.24) is 0 Å². The number of hydrogen-bond donors (Lipinski definition) is 1. The van der Waals surface area contributed by atoms with Gasteiger partial charge in [0.1, 0.15) is 0 Å². The summed E-state index contributed by atoms with van der Waals surface area (Å²) >= 11 is 2.25. The zero-order valence-electron chi connectivity index (χ0n) is 9.13. The quantitative estimate of drug-likeness (QED) is 0.654. The molecule has 0 aliphatic carbocycles. The van der Waals surface area contributed by atoms with Gasteiger partial charge in [0.25, 0.3) is 0 Å². The second-order valence-corrected chi connectivity index (χ2v) is 8.46. The molecular formula is C12H23S2. The molecule has 0 saturated carbocycles. The lowest BCUT2D eigenvalue weighted by Gasteiger charge is -2.27. The Labute approximate surface area is 96.0 Å². The topological polar surface area (TPSA) is 0 Å². The summed E-state index contributed by atoms with van der Waals surface area (Å²) in [6.45, 7) is 0. The Bertz CT molecular complexity index is 124. The highest BCUT2D eigenvalue weighted by molar-refractivity contribution is 8.30. The number of thiol groups is 1. The van der Waals surface area contributed by atoms with Gasteiger partial charge < -0.3 is 0 Å². The number of hydrogen-bond acceptors (Lipinski definition) is 1. The molecule has 2 aliphatic heterocycles. The molecule has 2 rings (SSSR count). The third-order valence-corrected chi connectivity index (χ3v) is 8.10. The molecule has 0 aromatic carbocycles. The molecule has 14 heavy (non-hydrogen) atoms. The van der Waals surface area contributed by atoms with E-state index in [1.54, 1.807) is 11.5 Å². The number of rotatable bonds is 1. The molecule has 2 saturated heterocycles. The third-order valence-electron chi connectivity index (χ3n) is 3.26. The lowest BCUT2D eigenvalue weighted by Crippen LogP contribution is -2.00. The zero-order valence-corrected chi connectivity index (χ0v) is 10.8. The van der Waals surface area contributed by atoms with E-state index < -0.39 is 0 Å². The standard InChI is InChI=1S/C12H23S2/c1-2-7-11-14(10-6-1)12-8-4-3-5-9-13-12/h14H,1-11H2. The zero-order chi connectivity index (χ0) is 9.64. The first kappa shape index (κ1) is 11.2. The third kappa shape index (κ3) is 3.37. The fourth-order valence-corrected chi connectivity index (χ4v) is 7.22. The van der Waals surface area contributed by atoms with Crippen LogP contribution in [0.5, 0.6) is 0 Å². The van der Waals surface area contributed by atoms with Crippen LogP contribution in [0.15, 0.2) is 0 Å². The molecule has 0 N–H and O–H groups in total. The van der Waals surface area contributed by atoms with Crippen molar-refractivity contribution in [1.29, 1.82) is 0 Å². The molecule has 83 valence electrons. The predicted octanol–water partition coefficient (Wildman–Crippen LogP) is 4.36. The Morgan fingerprint density at radius 1 is 0.786 bits per heavy atom. The second-order valence-electron chi connectivity index (χ2n) is 4.45. The van der Waals surface area contributed by atoms with E-state index in [9.17, 15) is 0 Å². The van der Waals surface area contributed by atoms with Gasteiger partial charge in [-0.2, -0.15) is 0 Å². The van der Waals surface area contributed by atoms with Crippen molar-refractivity contribution in [2.75, 3.05) is 17.3 Å². The molecule has 2 aliphatic rings. The summed E-state index contributed by atoms with van der Waals surface area (Å²) in [4.78, 5) is 0. The van der Waals surface area contributed by atoms with E-state index >= 15 is 0 Å². The van der Waals surface area contributed by atoms with Gasteiger partial charge in [0.15, 0.2) is 0 Å². The molecule has 0 unspecified atom stereocenters. The summed E-state index contributed by atoms with van der Waals surface area (Å²) in [7, 11) is 0.346. The van der Waals surface area contributed by atoms with Gasteiger partial charge in [-0.05, 0) is 42.9 Å². The van der Waals surface area contributed by atoms with Gasteiger partial charge in [-0.25, -0.2) is 10.9 Å². The normalized spacial score (nSPS) is 29.6. The summed E-state index contributed by atoms with van der Waals surface area (Å²) in [6, 6.07) is 0. The first-order chi connectivity index (χ1) is 6.97. The van der Waals surface area contributed by atoms with Gasteiger partial charge in [-0.3, -0.25) is 0 Å². The summed E-state index contributed by atoms with van der Waals surface area (Å²) < 4.78 is 1.94. The first-order valence-electron chi connectivity index (χ1n) is 6.20. The molecule has 2 fully saturated rings. The highest BCUT2D eigenvalue weighted by Gasteiger charge is 2.21. The van der Waals surface area contributed by atoms with Gasteiger partial charge in [-0.1, -0.05) is 25.7 Å². The molecule has 0 nitrogen and oxygen atoms in total. The van der Waals surface area contributed by atoms with Crippen molar-refractivity contribution in [3.8, 4) is 0 Å². The summed E-state index contributed by atoms with van der Waals surface area (Å²) in [5.41, 5.74) is 0. The van der Waals surface area contributed by atoms with Crippen molar-refractivity contribution >= 4 is 22.7 Å². The Hall–Kier alpha value is 0.700. The van der Waals surface area contributed by atoms with Gasteiger partial charge in [0.05, 0.1) is 4.58 Å². The minimum absolute atomic E-state index is 0.346. The van der Waals surface area contributed by atoms with Crippen molar-refractivity contribution in [3.05, 3.63) is 4.58 Å². The highest BCUT2D eigenvalue weighted by Crippen LogP contribution is 2.51. The lowest BCUT2D eigenvalue weighted by molar-refractivity contribution is 0.726. The monoisotopic (exact) mass is 231 g/mol. The van der Waals surface area contributed by atoms with Crippen LogP contribution in [0.25, 0.3) is 0 Å². The molecule has 1 radical (unpaired) electrons. The van der Waals surface area contributed by atoms with E-state index in [4.69, 9.17) is 0 Å². The molecule has 0 spiro atoms. The fraction of sp³-hybridized carbons (Fsp3) is 0.917. The Balaban J connectivity index is 1.83. The van der Waals surface area contributed by atoms with Crippen LogP contribution in [-0.2, 0) is 0 Å². The molecule has 0 atom stereocenters. The van der Waals surface area contributed by atoms with E-state index in [0.29, 0.717) is 10.9 Å². The van der Waals surface area contributed by atoms with Gasteiger partial charge in [0, 0.05) is 0 Å². The summed E-state index contributed by atoms with van der Waals surface area (Å²) in [6.07, 6.45) is 12.0. The Kier molecular flexibility index (Phi) is 5.05. The molecule has 0 bridgehead atoms. The Morgan fingerprint density at radius 3 is 2.29 bits per heavy atom. The first-order valence-corrected chi connectivity index (χ1v) is 8.90. The van der Waals surface area contributed by atoms with Gasteiger partial charge in [0.2, 0.25) is 0 Å². The SMILES string of the molecule is C1CCS[C]([SH]2CCCCCC2)CC1. The minimum atomic E-state index is 0.346. The van der Waals surface area contributed by atoms with Crippen molar-refractivity contribution < 1.29 is 0 Å². The summed E-state index contributed by atoms with van der Waals surface area (Å²) in [5, 5.41) is 0. The van der Waals surface area contributed by atoms with E-state index in [1.807, 2.05) is 4.58 Å². The van der Waals surface area contributed by atoms with Crippen molar-refractivity contribution in [2.45, 2.75) is 51.4 Å². The van der Waals surface area contributed by atoms with Gasteiger partial charge >= 0.3 is 0 Å². The molecule has 0 amide bonds. The molecule has 2 heterocycles. The lowest BCUT2D eigenvalue weighted by atomic mass is 10.2. The van der Waals surface area contributed by atoms with Crippen LogP contribution in [0, 0.1) is 4.58 Å².